The van der Waals surface area contributed by atoms with E-state index in [-0.39, 0.29) is 5.56 Å². The fraction of sp³-hybridized carbons (Fsp3) is 0.231. The molecule has 0 unspecified atom stereocenters. The first-order chi connectivity index (χ1) is 8.19. The zero-order valence-corrected chi connectivity index (χ0v) is 9.76. The molecule has 4 heteroatoms. The van der Waals surface area contributed by atoms with E-state index in [1.165, 1.54) is 10.7 Å². The molecule has 88 valence electrons. The van der Waals surface area contributed by atoms with Crippen LogP contribution in [0.25, 0.3) is 0 Å². The van der Waals surface area contributed by atoms with Crippen molar-refractivity contribution in [3.8, 4) is 0 Å². The Morgan fingerprint density at radius 3 is 2.76 bits per heavy atom. The van der Waals surface area contributed by atoms with E-state index in [4.69, 9.17) is 5.73 Å². The Hall–Kier alpha value is -1.94. The minimum atomic E-state index is -0.0891. The quantitative estimate of drug-likeness (QED) is 0.856. The summed E-state index contributed by atoms with van der Waals surface area (Å²) in [5.41, 5.74) is 8.42. The van der Waals surface area contributed by atoms with E-state index in [9.17, 15) is 4.79 Å². The molecule has 2 aromatic rings. The lowest BCUT2D eigenvalue weighted by molar-refractivity contribution is 0.628. The first-order valence-electron chi connectivity index (χ1n) is 5.51. The molecular formula is C13H15N3O. The lowest BCUT2D eigenvalue weighted by Crippen LogP contribution is -2.23. The van der Waals surface area contributed by atoms with Gasteiger partial charge in [-0.3, -0.25) is 4.79 Å². The molecule has 4 nitrogen and oxygen atoms in total. The third-order valence-electron chi connectivity index (χ3n) is 2.56. The zero-order chi connectivity index (χ0) is 12.3. The minimum absolute atomic E-state index is 0.0891. The number of nitrogens with zero attached hydrogens (tertiary/aromatic N) is 2. The highest BCUT2D eigenvalue weighted by atomic mass is 16.1. The second-order valence-corrected chi connectivity index (χ2v) is 3.99. The van der Waals surface area contributed by atoms with Crippen LogP contribution >= 0.6 is 0 Å². The van der Waals surface area contributed by atoms with Gasteiger partial charge in [0.25, 0.3) is 5.56 Å². The lowest BCUT2D eigenvalue weighted by atomic mass is 10.1. The summed E-state index contributed by atoms with van der Waals surface area (Å²) in [7, 11) is 0. The highest BCUT2D eigenvalue weighted by molar-refractivity contribution is 5.23. The highest BCUT2D eigenvalue weighted by Crippen LogP contribution is 2.05. The van der Waals surface area contributed by atoms with Crippen LogP contribution in [-0.4, -0.2) is 9.78 Å². The van der Waals surface area contributed by atoms with Crippen LogP contribution in [0, 0.1) is 6.92 Å². The average Bonchev–Trinajstić information content (AvgIpc) is 2.34. The van der Waals surface area contributed by atoms with Gasteiger partial charge >= 0.3 is 0 Å². The number of nitrogens with two attached hydrogens (primary N) is 1. The number of hydrogen-bond acceptors (Lipinski definition) is 3. The predicted molar refractivity (Wildman–Crippen MR) is 66.7 cm³/mol. The Morgan fingerprint density at radius 1 is 1.24 bits per heavy atom. The van der Waals surface area contributed by atoms with Crippen molar-refractivity contribution in [1.29, 1.82) is 0 Å². The smallest absolute Gasteiger partial charge is 0.267 e. The van der Waals surface area contributed by atoms with Crippen molar-refractivity contribution in [2.45, 2.75) is 20.0 Å². The second-order valence-electron chi connectivity index (χ2n) is 3.99. The third kappa shape index (κ3) is 2.79. The molecule has 2 rings (SSSR count). The molecule has 0 aliphatic heterocycles. The molecule has 17 heavy (non-hydrogen) atoms. The van der Waals surface area contributed by atoms with E-state index >= 15 is 0 Å². The van der Waals surface area contributed by atoms with E-state index in [0.29, 0.717) is 13.1 Å². The molecule has 0 fully saturated rings. The van der Waals surface area contributed by atoms with Gasteiger partial charge in [0.2, 0.25) is 0 Å². The fourth-order valence-electron chi connectivity index (χ4n) is 1.69. The molecule has 0 atom stereocenters. The van der Waals surface area contributed by atoms with Crippen LogP contribution in [0.15, 0.2) is 41.2 Å². The SMILES string of the molecule is Cc1ccc(=O)n(Cc2cccc(CN)c2)n1. The standard InChI is InChI=1S/C13H15N3O/c1-10-5-6-13(17)16(15-10)9-12-4-2-3-11(7-12)8-14/h2-7H,8-9,14H2,1H3. The zero-order valence-electron chi connectivity index (χ0n) is 9.76. The van der Waals surface area contributed by atoms with Crippen LogP contribution in [0.4, 0.5) is 0 Å². The van der Waals surface area contributed by atoms with Crippen molar-refractivity contribution in [3.05, 3.63) is 63.6 Å². The van der Waals surface area contributed by atoms with Gasteiger partial charge in [-0.15, -0.1) is 0 Å². The summed E-state index contributed by atoms with van der Waals surface area (Å²) in [6, 6.07) is 11.1. The molecule has 0 saturated heterocycles. The maximum atomic E-state index is 11.6. The van der Waals surface area contributed by atoms with Gasteiger partial charge in [0.1, 0.15) is 0 Å². The van der Waals surface area contributed by atoms with Gasteiger partial charge < -0.3 is 5.73 Å². The molecule has 2 N–H and O–H groups in total. The summed E-state index contributed by atoms with van der Waals surface area (Å²) in [5.74, 6) is 0. The van der Waals surface area contributed by atoms with Crippen LogP contribution in [0.3, 0.4) is 0 Å². The maximum Gasteiger partial charge on any atom is 0.267 e. The molecule has 0 radical (unpaired) electrons. The molecule has 0 bridgehead atoms. The van der Waals surface area contributed by atoms with Gasteiger partial charge in [-0.2, -0.15) is 5.10 Å². The normalized spacial score (nSPS) is 10.5. The van der Waals surface area contributed by atoms with Gasteiger partial charge in [-0.25, -0.2) is 4.68 Å². The topological polar surface area (TPSA) is 60.9 Å². The molecule has 0 aliphatic rings. The van der Waals surface area contributed by atoms with Crippen LogP contribution in [0.5, 0.6) is 0 Å². The van der Waals surface area contributed by atoms with E-state index in [1.807, 2.05) is 31.2 Å². The summed E-state index contributed by atoms with van der Waals surface area (Å²) in [6.45, 7) is 2.85. The fourth-order valence-corrected chi connectivity index (χ4v) is 1.69. The molecular weight excluding hydrogens is 214 g/mol. The number of aryl methyl sites for hydroxylation is 1. The number of rotatable bonds is 3. The number of hydrogen-bond donors (Lipinski definition) is 1. The van der Waals surface area contributed by atoms with Gasteiger partial charge in [-0.05, 0) is 24.1 Å². The maximum absolute atomic E-state index is 11.6. The third-order valence-corrected chi connectivity index (χ3v) is 2.56. The van der Waals surface area contributed by atoms with Crippen LogP contribution < -0.4 is 11.3 Å². The largest absolute Gasteiger partial charge is 0.326 e. The highest BCUT2D eigenvalue weighted by Gasteiger charge is 2.00. The Bertz CT molecular complexity index is 575. The van der Waals surface area contributed by atoms with Gasteiger partial charge in [-0.1, -0.05) is 24.3 Å². The Kier molecular flexibility index (Phi) is 3.35. The molecule has 0 amide bonds. The first kappa shape index (κ1) is 11.5. The summed E-state index contributed by atoms with van der Waals surface area (Å²) in [6.07, 6.45) is 0. The first-order valence-corrected chi connectivity index (χ1v) is 5.51. The summed E-state index contributed by atoms with van der Waals surface area (Å²) in [4.78, 5) is 11.6. The van der Waals surface area contributed by atoms with Crippen molar-refractivity contribution >= 4 is 0 Å². The van der Waals surface area contributed by atoms with E-state index < -0.39 is 0 Å². The lowest BCUT2D eigenvalue weighted by Gasteiger charge is -2.06. The Balaban J connectivity index is 2.31. The molecule has 1 heterocycles. The van der Waals surface area contributed by atoms with Crippen molar-refractivity contribution in [2.24, 2.45) is 5.73 Å². The Morgan fingerprint density at radius 2 is 2.00 bits per heavy atom. The van der Waals surface area contributed by atoms with Gasteiger partial charge in [0.05, 0.1) is 12.2 Å². The van der Waals surface area contributed by atoms with Crippen molar-refractivity contribution in [3.63, 3.8) is 0 Å². The molecule has 0 saturated carbocycles. The van der Waals surface area contributed by atoms with Crippen LogP contribution in [0.2, 0.25) is 0 Å². The summed E-state index contributed by atoms with van der Waals surface area (Å²) in [5, 5.41) is 4.20. The van der Waals surface area contributed by atoms with E-state index in [0.717, 1.165) is 16.8 Å². The Labute approximate surface area is 99.7 Å². The summed E-state index contributed by atoms with van der Waals surface area (Å²) < 4.78 is 1.46. The molecule has 0 spiro atoms. The summed E-state index contributed by atoms with van der Waals surface area (Å²) >= 11 is 0. The molecule has 1 aromatic heterocycles. The van der Waals surface area contributed by atoms with E-state index in [2.05, 4.69) is 5.10 Å². The average molecular weight is 229 g/mol. The molecule has 1 aromatic carbocycles. The van der Waals surface area contributed by atoms with Gasteiger partial charge in [0.15, 0.2) is 0 Å². The second kappa shape index (κ2) is 4.93. The minimum Gasteiger partial charge on any atom is -0.326 e. The van der Waals surface area contributed by atoms with Crippen molar-refractivity contribution in [1.82, 2.24) is 9.78 Å². The van der Waals surface area contributed by atoms with E-state index in [1.54, 1.807) is 6.07 Å². The van der Waals surface area contributed by atoms with Gasteiger partial charge in [0, 0.05) is 12.6 Å². The molecule has 0 aliphatic carbocycles. The monoisotopic (exact) mass is 229 g/mol. The van der Waals surface area contributed by atoms with Crippen molar-refractivity contribution in [2.75, 3.05) is 0 Å². The van der Waals surface area contributed by atoms with Crippen molar-refractivity contribution < 1.29 is 0 Å². The van der Waals surface area contributed by atoms with Crippen LogP contribution in [0.1, 0.15) is 16.8 Å². The number of benzene rings is 1. The number of aromatic nitrogens is 2. The predicted octanol–water partition coefficient (Wildman–Crippen LogP) is 1.06. The van der Waals surface area contributed by atoms with Crippen LogP contribution in [-0.2, 0) is 13.1 Å².